The highest BCUT2D eigenvalue weighted by molar-refractivity contribution is 6.29. The van der Waals surface area contributed by atoms with E-state index in [0.29, 0.717) is 12.2 Å². The zero-order chi connectivity index (χ0) is 14.0. The molecule has 0 radical (unpaired) electrons. The second kappa shape index (κ2) is 5.53. The summed E-state index contributed by atoms with van der Waals surface area (Å²) in [6.07, 6.45) is -1.69. The number of aromatic nitrogens is 2. The molecule has 0 spiro atoms. The molecule has 3 nitrogen and oxygen atoms in total. The molecule has 1 heterocycles. The van der Waals surface area contributed by atoms with Crippen molar-refractivity contribution in [1.29, 1.82) is 0 Å². The third kappa shape index (κ3) is 4.23. The summed E-state index contributed by atoms with van der Waals surface area (Å²) in [5, 5.41) is 0.204. The molecule has 0 bridgehead atoms. The van der Waals surface area contributed by atoms with Crippen molar-refractivity contribution >= 4 is 17.4 Å². The molecule has 0 amide bonds. The molecular weight excluding hydrogens is 279 g/mol. The maximum absolute atomic E-state index is 12.6. The Balaban J connectivity index is 2.24. The van der Waals surface area contributed by atoms with E-state index in [1.807, 2.05) is 6.92 Å². The summed E-state index contributed by atoms with van der Waals surface area (Å²) in [5.74, 6) is 1.08. The van der Waals surface area contributed by atoms with Gasteiger partial charge in [-0.1, -0.05) is 18.5 Å². The quantitative estimate of drug-likeness (QED) is 0.774. The Labute approximate surface area is 114 Å². The molecule has 106 valence electrons. The highest BCUT2D eigenvalue weighted by atomic mass is 35.5. The molecule has 0 aliphatic heterocycles. The van der Waals surface area contributed by atoms with Gasteiger partial charge in [0, 0.05) is 18.5 Å². The molecule has 19 heavy (non-hydrogen) atoms. The van der Waals surface area contributed by atoms with Crippen molar-refractivity contribution in [2.45, 2.75) is 38.3 Å². The number of anilines is 1. The van der Waals surface area contributed by atoms with E-state index in [0.717, 1.165) is 12.8 Å². The number of alkyl halides is 3. The largest absolute Gasteiger partial charge is 0.405 e. The van der Waals surface area contributed by atoms with Gasteiger partial charge in [0.05, 0.1) is 0 Å². The monoisotopic (exact) mass is 293 g/mol. The van der Waals surface area contributed by atoms with Crippen molar-refractivity contribution in [1.82, 2.24) is 9.97 Å². The Bertz CT molecular complexity index is 446. The summed E-state index contributed by atoms with van der Waals surface area (Å²) in [7, 11) is 0. The second-order valence-corrected chi connectivity index (χ2v) is 5.11. The molecule has 2 rings (SSSR count). The lowest BCUT2D eigenvalue weighted by atomic mass is 10.3. The fourth-order valence-electron chi connectivity index (χ4n) is 1.87. The first-order valence-electron chi connectivity index (χ1n) is 6.25. The van der Waals surface area contributed by atoms with Gasteiger partial charge in [-0.15, -0.1) is 0 Å². The molecule has 0 aromatic carbocycles. The van der Waals surface area contributed by atoms with Crippen molar-refractivity contribution in [3.63, 3.8) is 0 Å². The van der Waals surface area contributed by atoms with Gasteiger partial charge >= 0.3 is 6.18 Å². The fraction of sp³-hybridized carbons (Fsp3) is 0.667. The third-order valence-corrected chi connectivity index (χ3v) is 3.02. The van der Waals surface area contributed by atoms with Gasteiger partial charge in [0.2, 0.25) is 0 Å². The van der Waals surface area contributed by atoms with Crippen LogP contribution in [0, 0.1) is 0 Å². The summed E-state index contributed by atoms with van der Waals surface area (Å²) in [4.78, 5) is 9.52. The minimum Gasteiger partial charge on any atom is -0.347 e. The number of rotatable bonds is 5. The zero-order valence-corrected chi connectivity index (χ0v) is 11.3. The molecule has 0 saturated heterocycles. The highest BCUT2D eigenvalue weighted by Crippen LogP contribution is 2.39. The predicted octanol–water partition coefficient (Wildman–Crippen LogP) is 3.79. The summed E-state index contributed by atoms with van der Waals surface area (Å²) in [6, 6.07) is 1.40. The molecule has 0 atom stereocenters. The highest BCUT2D eigenvalue weighted by Gasteiger charge is 2.32. The van der Waals surface area contributed by atoms with E-state index >= 15 is 0 Å². The molecule has 0 unspecified atom stereocenters. The minimum atomic E-state index is -4.26. The summed E-state index contributed by atoms with van der Waals surface area (Å²) in [6.45, 7) is 1.10. The average molecular weight is 294 g/mol. The van der Waals surface area contributed by atoms with Crippen LogP contribution in [-0.2, 0) is 0 Å². The SMILES string of the molecule is CCCN(CC(F)(F)F)c1cc(Cl)nc(C2CC2)n1. The molecule has 7 heteroatoms. The lowest BCUT2D eigenvalue weighted by Gasteiger charge is -2.24. The van der Waals surface area contributed by atoms with Gasteiger partial charge < -0.3 is 4.90 Å². The van der Waals surface area contributed by atoms with Crippen molar-refractivity contribution in [3.8, 4) is 0 Å². The molecule has 1 aromatic rings. The van der Waals surface area contributed by atoms with Gasteiger partial charge in [-0.3, -0.25) is 0 Å². The summed E-state index contributed by atoms with van der Waals surface area (Å²) < 4.78 is 37.7. The first-order valence-corrected chi connectivity index (χ1v) is 6.63. The van der Waals surface area contributed by atoms with Crippen LogP contribution in [0.1, 0.15) is 37.9 Å². The molecule has 1 aliphatic rings. The minimum absolute atomic E-state index is 0.204. The Kier molecular flexibility index (Phi) is 4.18. The van der Waals surface area contributed by atoms with Crippen molar-refractivity contribution in [3.05, 3.63) is 17.0 Å². The Morgan fingerprint density at radius 3 is 2.58 bits per heavy atom. The Hall–Kier alpha value is -1.04. The molecular formula is C12H15ClF3N3. The average Bonchev–Trinajstić information content (AvgIpc) is 3.09. The normalized spacial score (nSPS) is 15.6. The van der Waals surface area contributed by atoms with E-state index in [1.54, 1.807) is 0 Å². The van der Waals surface area contributed by atoms with Crippen LogP contribution in [0.15, 0.2) is 6.07 Å². The molecule has 1 saturated carbocycles. The number of halogens is 4. The molecule has 1 fully saturated rings. The van der Waals surface area contributed by atoms with E-state index in [-0.39, 0.29) is 23.4 Å². The van der Waals surface area contributed by atoms with Gasteiger partial charge in [-0.2, -0.15) is 13.2 Å². The van der Waals surface area contributed by atoms with E-state index in [1.165, 1.54) is 11.0 Å². The van der Waals surface area contributed by atoms with Crippen molar-refractivity contribution < 1.29 is 13.2 Å². The van der Waals surface area contributed by atoms with Crippen molar-refractivity contribution in [2.75, 3.05) is 18.0 Å². The third-order valence-electron chi connectivity index (χ3n) is 2.83. The predicted molar refractivity (Wildman–Crippen MR) is 67.6 cm³/mol. The van der Waals surface area contributed by atoms with Crippen LogP contribution in [0.25, 0.3) is 0 Å². The Morgan fingerprint density at radius 2 is 2.05 bits per heavy atom. The maximum atomic E-state index is 12.6. The first-order chi connectivity index (χ1) is 8.89. The van der Waals surface area contributed by atoms with Gasteiger partial charge in [-0.05, 0) is 19.3 Å². The number of hydrogen-bond acceptors (Lipinski definition) is 3. The van der Waals surface area contributed by atoms with Gasteiger partial charge in [0.1, 0.15) is 23.3 Å². The maximum Gasteiger partial charge on any atom is 0.405 e. The van der Waals surface area contributed by atoms with Crippen molar-refractivity contribution in [2.24, 2.45) is 0 Å². The fourth-order valence-corrected chi connectivity index (χ4v) is 2.05. The van der Waals surface area contributed by atoms with Crippen LogP contribution >= 0.6 is 11.6 Å². The van der Waals surface area contributed by atoms with Gasteiger partial charge in [0.15, 0.2) is 0 Å². The van der Waals surface area contributed by atoms with Crippen LogP contribution < -0.4 is 4.90 Å². The van der Waals surface area contributed by atoms with Gasteiger partial charge in [0.25, 0.3) is 0 Å². The van der Waals surface area contributed by atoms with E-state index in [2.05, 4.69) is 9.97 Å². The lowest BCUT2D eigenvalue weighted by Crippen LogP contribution is -2.35. The van der Waals surface area contributed by atoms with Crippen LogP contribution in [0.5, 0.6) is 0 Å². The van der Waals surface area contributed by atoms with E-state index < -0.39 is 12.7 Å². The first kappa shape index (κ1) is 14.4. The van der Waals surface area contributed by atoms with Gasteiger partial charge in [-0.25, -0.2) is 9.97 Å². The standard InChI is InChI=1S/C12H15ClF3N3/c1-2-5-19(7-12(14,15)16)10-6-9(13)17-11(18-10)8-3-4-8/h6,8H,2-5,7H2,1H3. The second-order valence-electron chi connectivity index (χ2n) is 4.72. The van der Waals surface area contributed by atoms with E-state index in [9.17, 15) is 13.2 Å². The number of nitrogens with zero attached hydrogens (tertiary/aromatic N) is 3. The lowest BCUT2D eigenvalue weighted by molar-refractivity contribution is -0.119. The van der Waals surface area contributed by atoms with Crippen LogP contribution in [0.4, 0.5) is 19.0 Å². The summed E-state index contributed by atoms with van der Waals surface area (Å²) in [5.41, 5.74) is 0. The van der Waals surface area contributed by atoms with E-state index in [4.69, 9.17) is 11.6 Å². The Morgan fingerprint density at radius 1 is 1.37 bits per heavy atom. The number of hydrogen-bond donors (Lipinski definition) is 0. The molecule has 0 N–H and O–H groups in total. The summed E-state index contributed by atoms with van der Waals surface area (Å²) >= 11 is 5.88. The zero-order valence-electron chi connectivity index (χ0n) is 10.5. The smallest absolute Gasteiger partial charge is 0.347 e. The molecule has 1 aliphatic carbocycles. The topological polar surface area (TPSA) is 29.0 Å². The van der Waals surface area contributed by atoms with Crippen LogP contribution in [0.2, 0.25) is 5.15 Å². The van der Waals surface area contributed by atoms with Crippen LogP contribution in [0.3, 0.4) is 0 Å². The van der Waals surface area contributed by atoms with Crippen LogP contribution in [-0.4, -0.2) is 29.2 Å². The molecule has 1 aromatic heterocycles.